The van der Waals surface area contributed by atoms with Crippen molar-refractivity contribution in [2.24, 2.45) is 5.92 Å². The molecule has 0 spiro atoms. The standard InChI is InChI=1S/C11H18N2S/c1-14-5-4-13-10-2-3-11(13)7-9(6-10)8-12/h9-11H,2-7H2,1H3. The molecule has 2 atom stereocenters. The molecular formula is C11H18N2S. The molecule has 2 aliphatic rings. The molecule has 14 heavy (non-hydrogen) atoms. The van der Waals surface area contributed by atoms with Gasteiger partial charge < -0.3 is 0 Å². The fourth-order valence-electron chi connectivity index (χ4n) is 2.94. The summed E-state index contributed by atoms with van der Waals surface area (Å²) in [5.41, 5.74) is 0. The first-order valence-corrected chi connectivity index (χ1v) is 6.89. The lowest BCUT2D eigenvalue weighted by atomic mass is 9.92. The van der Waals surface area contributed by atoms with Crippen molar-refractivity contribution in [1.29, 1.82) is 5.26 Å². The second kappa shape index (κ2) is 4.55. The second-order valence-electron chi connectivity index (χ2n) is 4.41. The van der Waals surface area contributed by atoms with Crippen LogP contribution in [0.5, 0.6) is 0 Å². The lowest BCUT2D eigenvalue weighted by molar-refractivity contribution is 0.129. The number of rotatable bonds is 3. The summed E-state index contributed by atoms with van der Waals surface area (Å²) in [6.45, 7) is 1.23. The van der Waals surface area contributed by atoms with Crippen LogP contribution in [-0.2, 0) is 0 Å². The molecule has 2 unspecified atom stereocenters. The summed E-state index contributed by atoms with van der Waals surface area (Å²) in [7, 11) is 0. The third-order valence-electron chi connectivity index (χ3n) is 3.62. The summed E-state index contributed by atoms with van der Waals surface area (Å²) in [6, 6.07) is 3.90. The minimum Gasteiger partial charge on any atom is -0.297 e. The molecule has 2 fully saturated rings. The third-order valence-corrected chi connectivity index (χ3v) is 4.21. The van der Waals surface area contributed by atoms with Gasteiger partial charge in [-0.2, -0.15) is 17.0 Å². The Labute approximate surface area is 90.7 Å². The van der Waals surface area contributed by atoms with Crippen LogP contribution in [0.1, 0.15) is 25.7 Å². The number of hydrogen-bond donors (Lipinski definition) is 0. The Kier molecular flexibility index (Phi) is 3.35. The van der Waals surface area contributed by atoms with Crippen molar-refractivity contribution < 1.29 is 0 Å². The summed E-state index contributed by atoms with van der Waals surface area (Å²) < 4.78 is 0. The molecule has 2 bridgehead atoms. The highest BCUT2D eigenvalue weighted by molar-refractivity contribution is 7.98. The topological polar surface area (TPSA) is 27.0 Å². The molecule has 0 amide bonds. The molecule has 78 valence electrons. The van der Waals surface area contributed by atoms with E-state index in [9.17, 15) is 0 Å². The Hall–Kier alpha value is -0.200. The number of hydrogen-bond acceptors (Lipinski definition) is 3. The van der Waals surface area contributed by atoms with E-state index in [1.807, 2.05) is 11.8 Å². The van der Waals surface area contributed by atoms with Gasteiger partial charge in [0.2, 0.25) is 0 Å². The first-order valence-electron chi connectivity index (χ1n) is 5.49. The summed E-state index contributed by atoms with van der Waals surface area (Å²) in [4.78, 5) is 2.66. The predicted octanol–water partition coefficient (Wildman–Crippen LogP) is 2.12. The zero-order valence-corrected chi connectivity index (χ0v) is 9.59. The van der Waals surface area contributed by atoms with E-state index in [0.29, 0.717) is 5.92 Å². The second-order valence-corrected chi connectivity index (χ2v) is 5.40. The van der Waals surface area contributed by atoms with Crippen LogP contribution in [0, 0.1) is 17.2 Å². The lowest BCUT2D eigenvalue weighted by Gasteiger charge is -2.36. The van der Waals surface area contributed by atoms with E-state index in [1.165, 1.54) is 25.1 Å². The van der Waals surface area contributed by atoms with E-state index in [2.05, 4.69) is 17.2 Å². The van der Waals surface area contributed by atoms with Crippen molar-refractivity contribution in [1.82, 2.24) is 4.90 Å². The predicted molar refractivity (Wildman–Crippen MR) is 60.2 cm³/mol. The van der Waals surface area contributed by atoms with Crippen molar-refractivity contribution in [2.75, 3.05) is 18.6 Å². The zero-order valence-electron chi connectivity index (χ0n) is 8.78. The number of thioether (sulfide) groups is 1. The number of nitriles is 1. The molecule has 0 N–H and O–H groups in total. The number of piperidine rings is 1. The summed E-state index contributed by atoms with van der Waals surface area (Å²) in [5.74, 6) is 1.59. The van der Waals surface area contributed by atoms with Gasteiger partial charge in [0.1, 0.15) is 0 Å². The largest absolute Gasteiger partial charge is 0.297 e. The number of fused-ring (bicyclic) bond motifs is 2. The van der Waals surface area contributed by atoms with Crippen LogP contribution < -0.4 is 0 Å². The Bertz CT molecular complexity index is 222. The summed E-state index contributed by atoms with van der Waals surface area (Å²) >= 11 is 1.93. The maximum absolute atomic E-state index is 8.94. The van der Waals surface area contributed by atoms with Gasteiger partial charge in [-0.05, 0) is 31.9 Å². The van der Waals surface area contributed by atoms with Gasteiger partial charge in [0.25, 0.3) is 0 Å². The van der Waals surface area contributed by atoms with Crippen LogP contribution in [-0.4, -0.2) is 35.5 Å². The van der Waals surface area contributed by atoms with Crippen molar-refractivity contribution >= 4 is 11.8 Å². The van der Waals surface area contributed by atoms with Gasteiger partial charge >= 0.3 is 0 Å². The van der Waals surface area contributed by atoms with Gasteiger partial charge in [-0.25, -0.2) is 0 Å². The van der Waals surface area contributed by atoms with Crippen molar-refractivity contribution in [2.45, 2.75) is 37.8 Å². The monoisotopic (exact) mass is 210 g/mol. The molecule has 2 aliphatic heterocycles. The molecule has 0 aromatic rings. The normalized spacial score (nSPS) is 37.0. The van der Waals surface area contributed by atoms with Crippen LogP contribution in [0.2, 0.25) is 0 Å². The van der Waals surface area contributed by atoms with Gasteiger partial charge in [-0.1, -0.05) is 0 Å². The Morgan fingerprint density at radius 3 is 2.50 bits per heavy atom. The van der Waals surface area contributed by atoms with Crippen molar-refractivity contribution in [3.8, 4) is 6.07 Å². The lowest BCUT2D eigenvalue weighted by Crippen LogP contribution is -2.43. The van der Waals surface area contributed by atoms with Crippen molar-refractivity contribution in [3.63, 3.8) is 0 Å². The minimum atomic E-state index is 0.345. The van der Waals surface area contributed by atoms with Gasteiger partial charge in [0.05, 0.1) is 6.07 Å². The zero-order chi connectivity index (χ0) is 9.97. The molecule has 0 saturated carbocycles. The fraction of sp³-hybridized carbons (Fsp3) is 0.909. The van der Waals surface area contributed by atoms with Gasteiger partial charge in [0, 0.05) is 30.3 Å². The minimum absolute atomic E-state index is 0.345. The molecule has 0 radical (unpaired) electrons. The Balaban J connectivity index is 1.93. The maximum atomic E-state index is 8.94. The smallest absolute Gasteiger partial charge is 0.0657 e. The molecule has 0 aromatic carbocycles. The van der Waals surface area contributed by atoms with Crippen LogP contribution in [0.25, 0.3) is 0 Å². The van der Waals surface area contributed by atoms with E-state index in [-0.39, 0.29) is 0 Å². The fourth-order valence-corrected chi connectivity index (χ4v) is 3.33. The highest BCUT2D eigenvalue weighted by atomic mass is 32.2. The average Bonchev–Trinajstić information content (AvgIpc) is 2.46. The molecule has 3 heteroatoms. The first-order chi connectivity index (χ1) is 6.85. The maximum Gasteiger partial charge on any atom is 0.0657 e. The number of nitrogens with zero attached hydrogens (tertiary/aromatic N) is 2. The van der Waals surface area contributed by atoms with Gasteiger partial charge in [-0.15, -0.1) is 0 Å². The molecule has 2 saturated heterocycles. The Morgan fingerprint density at radius 1 is 1.36 bits per heavy atom. The van der Waals surface area contributed by atoms with E-state index in [4.69, 9.17) is 5.26 Å². The van der Waals surface area contributed by atoms with Crippen LogP contribution in [0.4, 0.5) is 0 Å². The van der Waals surface area contributed by atoms with Gasteiger partial charge in [0.15, 0.2) is 0 Å². The average molecular weight is 210 g/mol. The SMILES string of the molecule is CSCCN1C2CCC1CC(C#N)C2. The van der Waals surface area contributed by atoms with E-state index in [0.717, 1.165) is 24.9 Å². The molecule has 2 heterocycles. The van der Waals surface area contributed by atoms with E-state index < -0.39 is 0 Å². The molecule has 2 nitrogen and oxygen atoms in total. The summed E-state index contributed by atoms with van der Waals surface area (Å²) in [5, 5.41) is 8.94. The highest BCUT2D eigenvalue weighted by Gasteiger charge is 2.39. The van der Waals surface area contributed by atoms with Gasteiger partial charge in [-0.3, -0.25) is 4.90 Å². The molecule has 0 aliphatic carbocycles. The van der Waals surface area contributed by atoms with Crippen molar-refractivity contribution in [3.05, 3.63) is 0 Å². The molecule has 0 aromatic heterocycles. The van der Waals surface area contributed by atoms with Crippen LogP contribution >= 0.6 is 11.8 Å². The highest BCUT2D eigenvalue weighted by Crippen LogP contribution is 2.38. The molecular weight excluding hydrogens is 192 g/mol. The third kappa shape index (κ3) is 1.92. The summed E-state index contributed by atoms with van der Waals surface area (Å²) in [6.07, 6.45) is 7.08. The van der Waals surface area contributed by atoms with E-state index in [1.54, 1.807) is 0 Å². The quantitative estimate of drug-likeness (QED) is 0.714. The van der Waals surface area contributed by atoms with Crippen LogP contribution in [0.3, 0.4) is 0 Å². The first kappa shape index (κ1) is 10.3. The van der Waals surface area contributed by atoms with E-state index >= 15 is 0 Å². The molecule has 2 rings (SSSR count). The Morgan fingerprint density at radius 2 is 2.00 bits per heavy atom. The van der Waals surface area contributed by atoms with Crippen LogP contribution in [0.15, 0.2) is 0 Å².